The Labute approximate surface area is 159 Å². The van der Waals surface area contributed by atoms with Crippen LogP contribution in [0, 0.1) is 0 Å². The smallest absolute Gasteiger partial charge is 0.251 e. The molecule has 3 aromatic rings. The molecule has 0 spiro atoms. The third kappa shape index (κ3) is 3.26. The number of benzene rings is 2. The molecule has 4 N–H and O–H groups in total. The number of hydrogen-bond donors (Lipinski definition) is 3. The molecule has 0 fully saturated rings. The molecule has 0 aliphatic carbocycles. The molecule has 136 valence electrons. The highest BCUT2D eigenvalue weighted by molar-refractivity contribution is 5.98. The lowest BCUT2D eigenvalue weighted by Crippen LogP contribution is -2.35. The Morgan fingerprint density at radius 2 is 1.96 bits per heavy atom. The molecule has 0 saturated heterocycles. The number of hydrogen-bond acceptors (Lipinski definition) is 2. The minimum atomic E-state index is 0.00289. The predicted molar refractivity (Wildman–Crippen MR) is 111 cm³/mol. The number of fused-ring (bicyclic) bond motifs is 1. The second-order valence-electron chi connectivity index (χ2n) is 6.93. The van der Waals surface area contributed by atoms with Gasteiger partial charge in [-0.15, -0.1) is 0 Å². The number of amides is 1. The summed E-state index contributed by atoms with van der Waals surface area (Å²) < 4.78 is 0. The second-order valence-corrected chi connectivity index (χ2v) is 6.93. The van der Waals surface area contributed by atoms with Gasteiger partial charge in [-0.05, 0) is 42.2 Å². The van der Waals surface area contributed by atoms with Crippen molar-refractivity contribution in [3.63, 3.8) is 0 Å². The van der Waals surface area contributed by atoms with E-state index in [0.29, 0.717) is 12.4 Å². The molecule has 2 aromatic carbocycles. The van der Waals surface area contributed by atoms with Gasteiger partial charge in [0, 0.05) is 35.3 Å². The molecule has 0 bridgehead atoms. The summed E-state index contributed by atoms with van der Waals surface area (Å²) >= 11 is 0. The quantitative estimate of drug-likeness (QED) is 0.649. The van der Waals surface area contributed by atoms with E-state index in [1.165, 1.54) is 5.56 Å². The van der Waals surface area contributed by atoms with Crippen molar-refractivity contribution in [2.45, 2.75) is 19.3 Å². The third-order valence-electron chi connectivity index (χ3n) is 5.17. The first kappa shape index (κ1) is 17.2. The van der Waals surface area contributed by atoms with E-state index >= 15 is 0 Å². The number of anilines is 1. The molecule has 1 aliphatic heterocycles. The standard InChI is InChI=1S/C23H23N3O/c1-2-6-18-21(14-25-22(18)24)16-9-10-19-20(12-16)17(13-26-23(19)27)11-15-7-4-3-5-8-15/h2-10,12,14,17,25H,11,13,24H2,1H3,(H,26,27)/b6-2-. The summed E-state index contributed by atoms with van der Waals surface area (Å²) in [5.41, 5.74) is 12.3. The van der Waals surface area contributed by atoms with Crippen molar-refractivity contribution < 1.29 is 4.79 Å². The summed E-state index contributed by atoms with van der Waals surface area (Å²) in [6.45, 7) is 2.63. The Morgan fingerprint density at radius 3 is 2.74 bits per heavy atom. The molecule has 1 amide bonds. The number of nitrogen functional groups attached to an aromatic ring is 1. The maximum Gasteiger partial charge on any atom is 0.251 e. The molecule has 4 heteroatoms. The lowest BCUT2D eigenvalue weighted by molar-refractivity contribution is 0.0940. The lowest BCUT2D eigenvalue weighted by atomic mass is 9.84. The number of nitrogens with two attached hydrogens (primary N) is 1. The average Bonchev–Trinajstić information content (AvgIpc) is 3.06. The van der Waals surface area contributed by atoms with E-state index < -0.39 is 0 Å². The monoisotopic (exact) mass is 357 g/mol. The van der Waals surface area contributed by atoms with Gasteiger partial charge >= 0.3 is 0 Å². The van der Waals surface area contributed by atoms with Gasteiger partial charge in [0.25, 0.3) is 5.91 Å². The fourth-order valence-corrected chi connectivity index (χ4v) is 3.81. The van der Waals surface area contributed by atoms with Gasteiger partial charge in [0.2, 0.25) is 0 Å². The number of allylic oxidation sites excluding steroid dienone is 1. The summed E-state index contributed by atoms with van der Waals surface area (Å²) in [4.78, 5) is 15.5. The van der Waals surface area contributed by atoms with Crippen LogP contribution in [0.3, 0.4) is 0 Å². The van der Waals surface area contributed by atoms with Gasteiger partial charge in [-0.2, -0.15) is 0 Å². The van der Waals surface area contributed by atoms with Crippen molar-refractivity contribution in [2.24, 2.45) is 0 Å². The molecule has 1 aromatic heterocycles. The van der Waals surface area contributed by atoms with E-state index in [4.69, 9.17) is 5.73 Å². The van der Waals surface area contributed by atoms with E-state index in [1.54, 1.807) is 0 Å². The zero-order valence-corrected chi connectivity index (χ0v) is 15.3. The highest BCUT2D eigenvalue weighted by Gasteiger charge is 2.26. The Morgan fingerprint density at radius 1 is 1.15 bits per heavy atom. The van der Waals surface area contributed by atoms with E-state index in [9.17, 15) is 4.79 Å². The highest BCUT2D eigenvalue weighted by atomic mass is 16.1. The van der Waals surface area contributed by atoms with Gasteiger partial charge in [0.05, 0.1) is 0 Å². The van der Waals surface area contributed by atoms with Crippen LogP contribution in [0.5, 0.6) is 0 Å². The van der Waals surface area contributed by atoms with Crippen molar-refractivity contribution in [1.82, 2.24) is 10.3 Å². The minimum Gasteiger partial charge on any atom is -0.385 e. The normalized spacial score (nSPS) is 16.3. The Hall–Kier alpha value is -3.27. The fourth-order valence-electron chi connectivity index (χ4n) is 3.81. The van der Waals surface area contributed by atoms with E-state index in [2.05, 4.69) is 40.6 Å². The topological polar surface area (TPSA) is 70.9 Å². The van der Waals surface area contributed by atoms with E-state index in [0.717, 1.165) is 34.2 Å². The Balaban J connectivity index is 1.76. The van der Waals surface area contributed by atoms with Crippen molar-refractivity contribution in [3.05, 3.63) is 83.1 Å². The zero-order valence-electron chi connectivity index (χ0n) is 15.3. The third-order valence-corrected chi connectivity index (χ3v) is 5.17. The van der Waals surface area contributed by atoms with Crippen molar-refractivity contribution >= 4 is 17.8 Å². The predicted octanol–water partition coefficient (Wildman–Crippen LogP) is 4.37. The number of aromatic nitrogens is 1. The van der Waals surface area contributed by atoms with Gasteiger partial charge < -0.3 is 16.0 Å². The first-order valence-corrected chi connectivity index (χ1v) is 9.23. The SMILES string of the molecule is C/C=C\c1c(-c2ccc3c(c2)C(Cc2ccccc2)CNC3=O)c[nH]c1N. The van der Waals surface area contributed by atoms with Crippen LogP contribution in [0.15, 0.2) is 60.8 Å². The van der Waals surface area contributed by atoms with Gasteiger partial charge in [0.1, 0.15) is 5.82 Å². The molecule has 0 saturated carbocycles. The summed E-state index contributed by atoms with van der Waals surface area (Å²) in [7, 11) is 0. The van der Waals surface area contributed by atoms with Crippen molar-refractivity contribution in [1.29, 1.82) is 0 Å². The molecule has 27 heavy (non-hydrogen) atoms. The van der Waals surface area contributed by atoms with Gasteiger partial charge in [0.15, 0.2) is 0 Å². The molecule has 4 rings (SSSR count). The van der Waals surface area contributed by atoms with Crippen LogP contribution in [-0.2, 0) is 6.42 Å². The number of carbonyl (C=O) groups excluding carboxylic acids is 1. The molecule has 1 aliphatic rings. The molecule has 2 heterocycles. The lowest BCUT2D eigenvalue weighted by Gasteiger charge is -2.26. The van der Waals surface area contributed by atoms with E-state index in [1.807, 2.05) is 43.5 Å². The number of rotatable bonds is 4. The summed E-state index contributed by atoms with van der Waals surface area (Å²) in [6, 6.07) is 16.5. The number of carbonyl (C=O) groups is 1. The molecule has 4 nitrogen and oxygen atoms in total. The first-order valence-electron chi connectivity index (χ1n) is 9.23. The van der Waals surface area contributed by atoms with Crippen LogP contribution in [0.1, 0.15) is 39.9 Å². The molecule has 0 radical (unpaired) electrons. The van der Waals surface area contributed by atoms with E-state index in [-0.39, 0.29) is 11.8 Å². The Kier molecular flexibility index (Phi) is 4.55. The second kappa shape index (κ2) is 7.16. The highest BCUT2D eigenvalue weighted by Crippen LogP contribution is 2.34. The minimum absolute atomic E-state index is 0.00289. The van der Waals surface area contributed by atoms with Crippen molar-refractivity contribution in [3.8, 4) is 11.1 Å². The van der Waals surface area contributed by atoms with Gasteiger partial charge in [-0.3, -0.25) is 4.79 Å². The van der Waals surface area contributed by atoms with Gasteiger partial charge in [-0.1, -0.05) is 48.6 Å². The Bertz CT molecular complexity index is 1000. The largest absolute Gasteiger partial charge is 0.385 e. The summed E-state index contributed by atoms with van der Waals surface area (Å²) in [5, 5.41) is 3.03. The zero-order chi connectivity index (χ0) is 18.8. The van der Waals surface area contributed by atoms with Crippen LogP contribution in [0.2, 0.25) is 0 Å². The van der Waals surface area contributed by atoms with Gasteiger partial charge in [-0.25, -0.2) is 0 Å². The van der Waals surface area contributed by atoms with Crippen LogP contribution in [-0.4, -0.2) is 17.4 Å². The number of aromatic amines is 1. The molecular weight excluding hydrogens is 334 g/mol. The summed E-state index contributed by atoms with van der Waals surface area (Å²) in [6.07, 6.45) is 6.82. The van der Waals surface area contributed by atoms with Crippen LogP contribution >= 0.6 is 0 Å². The molecular formula is C23H23N3O. The van der Waals surface area contributed by atoms with Crippen molar-refractivity contribution in [2.75, 3.05) is 12.3 Å². The molecule has 1 atom stereocenters. The maximum atomic E-state index is 12.4. The number of nitrogens with one attached hydrogen (secondary N) is 2. The van der Waals surface area contributed by atoms with Crippen LogP contribution in [0.25, 0.3) is 17.2 Å². The summed E-state index contributed by atoms with van der Waals surface area (Å²) in [5.74, 6) is 0.907. The fraction of sp³-hybridized carbons (Fsp3) is 0.174. The first-order chi connectivity index (χ1) is 13.2. The number of H-pyrrole nitrogens is 1. The van der Waals surface area contributed by atoms with Crippen LogP contribution < -0.4 is 11.1 Å². The average molecular weight is 357 g/mol. The molecule has 1 unspecified atom stereocenters. The maximum absolute atomic E-state index is 12.4. The van der Waals surface area contributed by atoms with Crippen LogP contribution in [0.4, 0.5) is 5.82 Å².